The number of hydrogen-bond donors (Lipinski definition) is 1. The molecular weight excluding hydrogens is 218 g/mol. The van der Waals surface area contributed by atoms with E-state index in [1.54, 1.807) is 0 Å². The van der Waals surface area contributed by atoms with Crippen LogP contribution in [0.4, 0.5) is 0 Å². The Bertz CT molecular complexity index is 421. The predicted octanol–water partition coefficient (Wildman–Crippen LogP) is 1.95. The first kappa shape index (κ1) is 11.8. The Hall–Kier alpha value is -1.65. The number of aromatic nitrogens is 2. The quantitative estimate of drug-likeness (QED) is 0.792. The summed E-state index contributed by atoms with van der Waals surface area (Å²) in [5.41, 5.74) is 0. The van der Waals surface area contributed by atoms with Crippen molar-refractivity contribution in [1.29, 1.82) is 0 Å². The predicted molar refractivity (Wildman–Crippen MR) is 62.2 cm³/mol. The Labute approximate surface area is 100 Å². The summed E-state index contributed by atoms with van der Waals surface area (Å²) in [7, 11) is 0. The minimum Gasteiger partial charge on any atom is -0.340 e. The van der Waals surface area contributed by atoms with Gasteiger partial charge in [-0.25, -0.2) is 0 Å². The Morgan fingerprint density at radius 1 is 1.59 bits per heavy atom. The van der Waals surface area contributed by atoms with Gasteiger partial charge in [0, 0.05) is 5.92 Å². The van der Waals surface area contributed by atoms with E-state index in [-0.39, 0.29) is 17.9 Å². The number of rotatable bonds is 5. The van der Waals surface area contributed by atoms with E-state index in [4.69, 9.17) is 4.52 Å². The molecule has 92 valence electrons. The molecular formula is C12H17N3O2. The van der Waals surface area contributed by atoms with E-state index in [2.05, 4.69) is 22.0 Å². The van der Waals surface area contributed by atoms with Crippen molar-refractivity contribution in [3.05, 3.63) is 24.4 Å². The first-order valence-electron chi connectivity index (χ1n) is 5.88. The molecule has 0 aliphatic heterocycles. The van der Waals surface area contributed by atoms with Gasteiger partial charge in [0.15, 0.2) is 5.82 Å². The van der Waals surface area contributed by atoms with Crippen molar-refractivity contribution in [3.63, 3.8) is 0 Å². The Balaban J connectivity index is 2.12. The molecule has 5 nitrogen and oxygen atoms in total. The SMILES string of the molecule is C=CC(=O)N[C@@H](c1nc(C2CC2)no1)C(C)C. The van der Waals surface area contributed by atoms with Gasteiger partial charge < -0.3 is 9.84 Å². The van der Waals surface area contributed by atoms with Crippen molar-refractivity contribution >= 4 is 5.91 Å². The molecule has 0 aromatic carbocycles. The zero-order valence-electron chi connectivity index (χ0n) is 10.1. The Kier molecular flexibility index (Phi) is 3.26. The van der Waals surface area contributed by atoms with Crippen molar-refractivity contribution in [3.8, 4) is 0 Å². The summed E-state index contributed by atoms with van der Waals surface area (Å²) < 4.78 is 5.22. The summed E-state index contributed by atoms with van der Waals surface area (Å²) >= 11 is 0. The van der Waals surface area contributed by atoms with Crippen LogP contribution in [-0.4, -0.2) is 16.0 Å². The highest BCUT2D eigenvalue weighted by Crippen LogP contribution is 2.38. The van der Waals surface area contributed by atoms with Gasteiger partial charge in [-0.1, -0.05) is 25.6 Å². The monoisotopic (exact) mass is 235 g/mol. The van der Waals surface area contributed by atoms with E-state index in [1.165, 1.54) is 6.08 Å². The highest BCUT2D eigenvalue weighted by molar-refractivity contribution is 5.87. The normalized spacial score (nSPS) is 16.9. The highest BCUT2D eigenvalue weighted by Gasteiger charge is 2.31. The lowest BCUT2D eigenvalue weighted by Gasteiger charge is -2.17. The van der Waals surface area contributed by atoms with Crippen LogP contribution in [0.15, 0.2) is 17.2 Å². The lowest BCUT2D eigenvalue weighted by molar-refractivity contribution is -0.117. The lowest BCUT2D eigenvalue weighted by atomic mass is 10.0. The van der Waals surface area contributed by atoms with Gasteiger partial charge in [0.05, 0.1) is 0 Å². The topological polar surface area (TPSA) is 68.0 Å². The maximum atomic E-state index is 11.3. The van der Waals surface area contributed by atoms with E-state index in [0.717, 1.165) is 18.7 Å². The molecule has 1 saturated carbocycles. The first-order valence-corrected chi connectivity index (χ1v) is 5.88. The highest BCUT2D eigenvalue weighted by atomic mass is 16.5. The van der Waals surface area contributed by atoms with Crippen molar-refractivity contribution in [1.82, 2.24) is 15.5 Å². The first-order chi connectivity index (χ1) is 8.11. The van der Waals surface area contributed by atoms with Crippen molar-refractivity contribution < 1.29 is 9.32 Å². The van der Waals surface area contributed by atoms with Gasteiger partial charge in [-0.2, -0.15) is 4.98 Å². The largest absolute Gasteiger partial charge is 0.340 e. The molecule has 1 amide bonds. The number of nitrogens with one attached hydrogen (secondary N) is 1. The molecule has 2 rings (SSSR count). The van der Waals surface area contributed by atoms with Crippen LogP contribution in [0, 0.1) is 5.92 Å². The Morgan fingerprint density at radius 2 is 2.29 bits per heavy atom. The standard InChI is InChI=1S/C12H17N3O2/c1-4-9(16)13-10(7(2)3)12-14-11(15-17-12)8-5-6-8/h4,7-8,10H,1,5-6H2,2-3H3,(H,13,16)/t10-/m1/s1. The molecule has 0 radical (unpaired) electrons. The van der Waals surface area contributed by atoms with Gasteiger partial charge in [0.2, 0.25) is 11.8 Å². The van der Waals surface area contributed by atoms with Gasteiger partial charge in [-0.05, 0) is 24.8 Å². The van der Waals surface area contributed by atoms with Crippen LogP contribution in [0.5, 0.6) is 0 Å². The van der Waals surface area contributed by atoms with Gasteiger partial charge in [0.1, 0.15) is 6.04 Å². The molecule has 0 unspecified atom stereocenters. The van der Waals surface area contributed by atoms with Crippen LogP contribution < -0.4 is 5.32 Å². The molecule has 0 bridgehead atoms. The molecule has 0 saturated heterocycles. The van der Waals surface area contributed by atoms with Crippen molar-refractivity contribution in [2.45, 2.75) is 38.6 Å². The second-order valence-electron chi connectivity index (χ2n) is 4.70. The maximum absolute atomic E-state index is 11.3. The van der Waals surface area contributed by atoms with Crippen molar-refractivity contribution in [2.24, 2.45) is 5.92 Å². The molecule has 1 aromatic heterocycles. The molecule has 1 N–H and O–H groups in total. The zero-order valence-corrected chi connectivity index (χ0v) is 10.1. The van der Waals surface area contributed by atoms with E-state index in [9.17, 15) is 4.79 Å². The van der Waals surface area contributed by atoms with Crippen molar-refractivity contribution in [2.75, 3.05) is 0 Å². The zero-order chi connectivity index (χ0) is 12.4. The fourth-order valence-corrected chi connectivity index (χ4v) is 1.61. The van der Waals surface area contributed by atoms with Crippen LogP contribution in [0.25, 0.3) is 0 Å². The van der Waals surface area contributed by atoms with E-state index in [0.29, 0.717) is 11.8 Å². The summed E-state index contributed by atoms with van der Waals surface area (Å²) in [6, 6.07) is -0.250. The third-order valence-corrected chi connectivity index (χ3v) is 2.82. The van der Waals surface area contributed by atoms with Crippen LogP contribution in [-0.2, 0) is 4.79 Å². The van der Waals surface area contributed by atoms with Gasteiger partial charge in [-0.3, -0.25) is 4.79 Å². The molecule has 1 aromatic rings. The minimum atomic E-state index is -0.250. The third kappa shape index (κ3) is 2.72. The fraction of sp³-hybridized carbons (Fsp3) is 0.583. The molecule has 1 aliphatic carbocycles. The number of amides is 1. The third-order valence-electron chi connectivity index (χ3n) is 2.82. The maximum Gasteiger partial charge on any atom is 0.249 e. The van der Waals surface area contributed by atoms with E-state index < -0.39 is 0 Å². The minimum absolute atomic E-state index is 0.186. The van der Waals surface area contributed by atoms with Gasteiger partial charge in [-0.15, -0.1) is 0 Å². The summed E-state index contributed by atoms with van der Waals surface area (Å²) in [6.07, 6.45) is 3.50. The molecule has 1 atom stereocenters. The molecule has 5 heteroatoms. The smallest absolute Gasteiger partial charge is 0.249 e. The van der Waals surface area contributed by atoms with Crippen LogP contribution in [0.1, 0.15) is 50.4 Å². The fourth-order valence-electron chi connectivity index (χ4n) is 1.61. The second-order valence-corrected chi connectivity index (χ2v) is 4.70. The van der Waals surface area contributed by atoms with Gasteiger partial charge >= 0.3 is 0 Å². The van der Waals surface area contributed by atoms with Crippen LogP contribution >= 0.6 is 0 Å². The molecule has 0 spiro atoms. The lowest BCUT2D eigenvalue weighted by Crippen LogP contribution is -2.30. The molecule has 1 fully saturated rings. The average Bonchev–Trinajstić information content (AvgIpc) is 3.04. The number of hydrogen-bond acceptors (Lipinski definition) is 4. The number of nitrogens with zero attached hydrogens (tertiary/aromatic N) is 2. The summed E-state index contributed by atoms with van der Waals surface area (Å²) in [5.74, 6) is 1.66. The summed E-state index contributed by atoms with van der Waals surface area (Å²) in [6.45, 7) is 7.42. The molecule has 17 heavy (non-hydrogen) atoms. The second kappa shape index (κ2) is 4.69. The van der Waals surface area contributed by atoms with E-state index in [1.807, 2.05) is 13.8 Å². The molecule has 1 aliphatic rings. The number of carbonyl (C=O) groups excluding carboxylic acids is 1. The average molecular weight is 235 g/mol. The number of carbonyl (C=O) groups is 1. The van der Waals surface area contributed by atoms with Crippen LogP contribution in [0.3, 0.4) is 0 Å². The summed E-state index contributed by atoms with van der Waals surface area (Å²) in [4.78, 5) is 15.7. The van der Waals surface area contributed by atoms with Gasteiger partial charge in [0.25, 0.3) is 0 Å². The van der Waals surface area contributed by atoms with Crippen LogP contribution in [0.2, 0.25) is 0 Å². The summed E-state index contributed by atoms with van der Waals surface area (Å²) in [5, 5.41) is 6.75. The molecule has 1 heterocycles. The van der Waals surface area contributed by atoms with E-state index >= 15 is 0 Å². The Morgan fingerprint density at radius 3 is 2.82 bits per heavy atom.